The number of anilines is 1. The maximum Gasteiger partial charge on any atom is 0.254 e. The average Bonchev–Trinajstić information content (AvgIpc) is 2.63. The number of ether oxygens (including phenoxy) is 1. The second kappa shape index (κ2) is 6.75. The van der Waals surface area contributed by atoms with E-state index in [-0.39, 0.29) is 12.0 Å². The lowest BCUT2D eigenvalue weighted by atomic mass is 10.1. The number of nitrogens with one attached hydrogen (secondary N) is 1. The number of benzene rings is 1. The van der Waals surface area contributed by atoms with E-state index >= 15 is 0 Å². The van der Waals surface area contributed by atoms with Crippen LogP contribution in [0.15, 0.2) is 18.2 Å². The van der Waals surface area contributed by atoms with E-state index < -0.39 is 0 Å². The standard InChI is InChI=1S/C16H24N2O2/c1-4-17-14-6-7-15(12(2)10-14)16(19)18-8-5-9-20-13(3)11-18/h6-7,10,13,17H,4-5,8-9,11H2,1-3H3. The summed E-state index contributed by atoms with van der Waals surface area (Å²) in [5, 5.41) is 3.27. The summed E-state index contributed by atoms with van der Waals surface area (Å²) in [6.07, 6.45) is 1.02. The maximum atomic E-state index is 12.6. The second-order valence-corrected chi connectivity index (χ2v) is 5.35. The Morgan fingerprint density at radius 3 is 3.00 bits per heavy atom. The Labute approximate surface area is 121 Å². The van der Waals surface area contributed by atoms with Crippen molar-refractivity contribution in [3.05, 3.63) is 29.3 Å². The van der Waals surface area contributed by atoms with Gasteiger partial charge in [0, 0.05) is 37.5 Å². The fraction of sp³-hybridized carbons (Fsp3) is 0.562. The number of carbonyl (C=O) groups is 1. The van der Waals surface area contributed by atoms with E-state index in [0.717, 1.165) is 42.9 Å². The highest BCUT2D eigenvalue weighted by Crippen LogP contribution is 2.18. The van der Waals surface area contributed by atoms with Crippen molar-refractivity contribution in [3.63, 3.8) is 0 Å². The Bertz CT molecular complexity index is 474. The molecule has 1 saturated heterocycles. The maximum absolute atomic E-state index is 12.6. The molecule has 1 aliphatic rings. The molecular weight excluding hydrogens is 252 g/mol. The van der Waals surface area contributed by atoms with E-state index in [1.807, 2.05) is 36.9 Å². The molecule has 4 nitrogen and oxygen atoms in total. The van der Waals surface area contributed by atoms with Crippen LogP contribution in [-0.4, -0.2) is 43.2 Å². The first kappa shape index (κ1) is 14.9. The predicted octanol–water partition coefficient (Wildman–Crippen LogP) is 2.68. The van der Waals surface area contributed by atoms with E-state index in [0.29, 0.717) is 6.54 Å². The summed E-state index contributed by atoms with van der Waals surface area (Å²) in [6.45, 7) is 9.15. The Morgan fingerprint density at radius 1 is 1.50 bits per heavy atom. The fourth-order valence-electron chi connectivity index (χ4n) is 2.57. The van der Waals surface area contributed by atoms with Crippen LogP contribution in [0.5, 0.6) is 0 Å². The van der Waals surface area contributed by atoms with Crippen LogP contribution in [0.3, 0.4) is 0 Å². The smallest absolute Gasteiger partial charge is 0.254 e. The molecule has 110 valence electrons. The van der Waals surface area contributed by atoms with Crippen LogP contribution < -0.4 is 5.32 Å². The molecule has 1 atom stereocenters. The van der Waals surface area contributed by atoms with E-state index in [1.165, 1.54) is 0 Å². The van der Waals surface area contributed by atoms with Crippen LogP contribution in [0.4, 0.5) is 5.69 Å². The average molecular weight is 276 g/mol. The number of carbonyl (C=O) groups excluding carboxylic acids is 1. The van der Waals surface area contributed by atoms with Gasteiger partial charge in [0.25, 0.3) is 5.91 Å². The quantitative estimate of drug-likeness (QED) is 0.923. The lowest BCUT2D eigenvalue weighted by molar-refractivity contribution is 0.0562. The van der Waals surface area contributed by atoms with Gasteiger partial charge in [0.2, 0.25) is 0 Å². The zero-order valence-corrected chi connectivity index (χ0v) is 12.6. The van der Waals surface area contributed by atoms with Crippen molar-refractivity contribution in [1.82, 2.24) is 4.90 Å². The van der Waals surface area contributed by atoms with Crippen LogP contribution in [0.25, 0.3) is 0 Å². The molecule has 0 spiro atoms. The summed E-state index contributed by atoms with van der Waals surface area (Å²) in [5.41, 5.74) is 2.88. The molecule has 1 fully saturated rings. The highest BCUT2D eigenvalue weighted by Gasteiger charge is 2.22. The minimum Gasteiger partial charge on any atom is -0.385 e. The van der Waals surface area contributed by atoms with Crippen molar-refractivity contribution in [2.45, 2.75) is 33.3 Å². The number of aryl methyl sites for hydroxylation is 1. The van der Waals surface area contributed by atoms with Crippen LogP contribution in [0.1, 0.15) is 36.2 Å². The molecule has 0 aliphatic carbocycles. The molecule has 1 heterocycles. The Hall–Kier alpha value is -1.55. The van der Waals surface area contributed by atoms with Crippen LogP contribution in [0, 0.1) is 6.92 Å². The van der Waals surface area contributed by atoms with Crippen molar-refractivity contribution in [3.8, 4) is 0 Å². The first-order chi connectivity index (χ1) is 9.61. The first-order valence-electron chi connectivity index (χ1n) is 7.37. The first-order valence-corrected chi connectivity index (χ1v) is 7.37. The molecule has 1 aliphatic heterocycles. The largest absolute Gasteiger partial charge is 0.385 e. The van der Waals surface area contributed by atoms with Crippen LogP contribution in [-0.2, 0) is 4.74 Å². The van der Waals surface area contributed by atoms with Gasteiger partial charge in [-0.3, -0.25) is 4.79 Å². The Balaban J connectivity index is 2.15. The topological polar surface area (TPSA) is 41.6 Å². The number of nitrogens with zero attached hydrogens (tertiary/aromatic N) is 1. The normalized spacial score (nSPS) is 19.6. The minimum atomic E-state index is 0.114. The third-order valence-corrected chi connectivity index (χ3v) is 3.58. The molecule has 1 N–H and O–H groups in total. The zero-order chi connectivity index (χ0) is 14.5. The predicted molar refractivity (Wildman–Crippen MR) is 81.3 cm³/mol. The van der Waals surface area contributed by atoms with Gasteiger partial charge >= 0.3 is 0 Å². The highest BCUT2D eigenvalue weighted by atomic mass is 16.5. The molecule has 1 amide bonds. The molecular formula is C16H24N2O2. The van der Waals surface area contributed by atoms with E-state index in [1.54, 1.807) is 0 Å². The van der Waals surface area contributed by atoms with Crippen LogP contribution in [0.2, 0.25) is 0 Å². The summed E-state index contributed by atoms with van der Waals surface area (Å²) < 4.78 is 5.60. The van der Waals surface area contributed by atoms with Gasteiger partial charge in [-0.15, -0.1) is 0 Å². The van der Waals surface area contributed by atoms with Crippen molar-refractivity contribution < 1.29 is 9.53 Å². The summed E-state index contributed by atoms with van der Waals surface area (Å²) in [6, 6.07) is 5.93. The van der Waals surface area contributed by atoms with Gasteiger partial charge in [-0.1, -0.05) is 0 Å². The van der Waals surface area contributed by atoms with Crippen molar-refractivity contribution in [2.24, 2.45) is 0 Å². The highest BCUT2D eigenvalue weighted by molar-refractivity contribution is 5.96. The van der Waals surface area contributed by atoms with Gasteiger partial charge in [0.15, 0.2) is 0 Å². The third-order valence-electron chi connectivity index (χ3n) is 3.58. The van der Waals surface area contributed by atoms with E-state index in [2.05, 4.69) is 12.2 Å². The summed E-state index contributed by atoms with van der Waals surface area (Å²) in [7, 11) is 0. The van der Waals surface area contributed by atoms with Crippen molar-refractivity contribution >= 4 is 11.6 Å². The molecule has 0 bridgehead atoms. The Morgan fingerprint density at radius 2 is 2.30 bits per heavy atom. The van der Waals surface area contributed by atoms with Gasteiger partial charge in [-0.2, -0.15) is 0 Å². The minimum absolute atomic E-state index is 0.114. The number of rotatable bonds is 3. The van der Waals surface area contributed by atoms with Gasteiger partial charge < -0.3 is 15.0 Å². The summed E-state index contributed by atoms with van der Waals surface area (Å²) in [5.74, 6) is 0.114. The molecule has 1 aromatic rings. The Kier molecular flexibility index (Phi) is 5.01. The molecule has 0 aromatic heterocycles. The monoisotopic (exact) mass is 276 g/mol. The van der Waals surface area contributed by atoms with E-state index in [9.17, 15) is 4.79 Å². The molecule has 1 unspecified atom stereocenters. The number of amides is 1. The summed E-state index contributed by atoms with van der Waals surface area (Å²) >= 11 is 0. The number of hydrogen-bond acceptors (Lipinski definition) is 3. The molecule has 0 saturated carbocycles. The third kappa shape index (κ3) is 3.51. The van der Waals surface area contributed by atoms with Crippen molar-refractivity contribution in [2.75, 3.05) is 31.6 Å². The lowest BCUT2D eigenvalue weighted by Crippen LogP contribution is -2.36. The van der Waals surface area contributed by atoms with E-state index in [4.69, 9.17) is 4.74 Å². The molecule has 20 heavy (non-hydrogen) atoms. The SMILES string of the molecule is CCNc1ccc(C(=O)N2CCCOC(C)C2)c(C)c1. The fourth-order valence-corrected chi connectivity index (χ4v) is 2.57. The lowest BCUT2D eigenvalue weighted by Gasteiger charge is -2.23. The molecule has 2 rings (SSSR count). The van der Waals surface area contributed by atoms with Crippen molar-refractivity contribution in [1.29, 1.82) is 0 Å². The second-order valence-electron chi connectivity index (χ2n) is 5.35. The summed E-state index contributed by atoms with van der Waals surface area (Å²) in [4.78, 5) is 14.5. The van der Waals surface area contributed by atoms with Gasteiger partial charge in [-0.25, -0.2) is 0 Å². The molecule has 1 aromatic carbocycles. The van der Waals surface area contributed by atoms with Crippen LogP contribution >= 0.6 is 0 Å². The molecule has 4 heteroatoms. The van der Waals surface area contributed by atoms with Gasteiger partial charge in [0.05, 0.1) is 6.10 Å². The van der Waals surface area contributed by atoms with Gasteiger partial charge in [-0.05, 0) is 51.0 Å². The molecule has 0 radical (unpaired) electrons. The number of hydrogen-bond donors (Lipinski definition) is 1. The zero-order valence-electron chi connectivity index (χ0n) is 12.6. The van der Waals surface area contributed by atoms with Gasteiger partial charge in [0.1, 0.15) is 0 Å².